The van der Waals surface area contributed by atoms with Gasteiger partial charge in [-0.25, -0.2) is 9.59 Å². The molecule has 1 amide bonds. The normalized spacial score (nSPS) is 16.2. The number of hydrogen-bond acceptors (Lipinski definition) is 6. The highest BCUT2D eigenvalue weighted by Gasteiger charge is 2.30. The van der Waals surface area contributed by atoms with Crippen LogP contribution in [-0.2, 0) is 16.1 Å². The average molecular weight is 463 g/mol. The first kappa shape index (κ1) is 20.7. The van der Waals surface area contributed by atoms with Crippen LogP contribution in [0.3, 0.4) is 0 Å². The van der Waals surface area contributed by atoms with Crippen molar-refractivity contribution in [1.82, 2.24) is 0 Å². The van der Waals surface area contributed by atoms with Crippen molar-refractivity contribution in [2.24, 2.45) is 5.10 Å². The molecule has 2 aliphatic heterocycles. The Hall–Kier alpha value is -4.17. The minimum atomic E-state index is -1.20. The van der Waals surface area contributed by atoms with E-state index in [0.717, 1.165) is 10.6 Å². The fourth-order valence-electron chi connectivity index (χ4n) is 3.66. The summed E-state index contributed by atoms with van der Waals surface area (Å²) >= 11 is 5.92. The summed E-state index contributed by atoms with van der Waals surface area (Å²) in [5.74, 6) is -1.03. The summed E-state index contributed by atoms with van der Waals surface area (Å²) in [7, 11) is 0. The summed E-state index contributed by atoms with van der Waals surface area (Å²) in [6, 6.07) is 13.1. The maximum atomic E-state index is 13.0. The van der Waals surface area contributed by atoms with Gasteiger partial charge in [0.2, 0.25) is 0 Å². The SMILES string of the molecule is CC1=NN(c2ccc(Cl)c(C(=O)O)c2)C(=O)/C1=C\c1ccc(-c2ccc3c(c2)C(=O)OC3)o1. The van der Waals surface area contributed by atoms with Gasteiger partial charge in [0.1, 0.15) is 18.1 Å². The van der Waals surface area contributed by atoms with Crippen LogP contribution in [0, 0.1) is 0 Å². The number of carboxylic acids is 1. The first-order chi connectivity index (χ1) is 15.8. The number of ether oxygens (including phenoxy) is 1. The van der Waals surface area contributed by atoms with E-state index in [-0.39, 0.29) is 28.8 Å². The molecule has 8 nitrogen and oxygen atoms in total. The van der Waals surface area contributed by atoms with Gasteiger partial charge in [-0.1, -0.05) is 23.7 Å². The molecule has 2 aromatic carbocycles. The molecule has 3 heterocycles. The Kier molecular flexibility index (Phi) is 4.87. The molecule has 0 aliphatic carbocycles. The Labute approximate surface area is 192 Å². The summed E-state index contributed by atoms with van der Waals surface area (Å²) < 4.78 is 10.9. The van der Waals surface area contributed by atoms with Gasteiger partial charge in [-0.2, -0.15) is 10.1 Å². The van der Waals surface area contributed by atoms with Gasteiger partial charge in [0, 0.05) is 11.1 Å². The number of halogens is 1. The highest BCUT2D eigenvalue weighted by Crippen LogP contribution is 2.31. The zero-order valence-electron chi connectivity index (χ0n) is 17.2. The second-order valence-corrected chi connectivity index (χ2v) is 7.89. The fraction of sp³-hybridized carbons (Fsp3) is 0.0833. The number of cyclic esters (lactones) is 1. The van der Waals surface area contributed by atoms with Crippen LogP contribution in [0.25, 0.3) is 17.4 Å². The van der Waals surface area contributed by atoms with Crippen LogP contribution in [0.15, 0.2) is 63.6 Å². The minimum Gasteiger partial charge on any atom is -0.478 e. The number of aromatic carboxylic acids is 1. The third-order valence-electron chi connectivity index (χ3n) is 5.37. The van der Waals surface area contributed by atoms with E-state index >= 15 is 0 Å². The van der Waals surface area contributed by atoms with Gasteiger partial charge in [0.05, 0.1) is 33.1 Å². The molecule has 9 heteroatoms. The summed E-state index contributed by atoms with van der Waals surface area (Å²) in [6.07, 6.45) is 1.57. The molecule has 5 rings (SSSR count). The van der Waals surface area contributed by atoms with Gasteiger partial charge in [0.25, 0.3) is 5.91 Å². The van der Waals surface area contributed by atoms with Crippen molar-refractivity contribution in [3.63, 3.8) is 0 Å². The predicted molar refractivity (Wildman–Crippen MR) is 120 cm³/mol. The third-order valence-corrected chi connectivity index (χ3v) is 5.70. The highest BCUT2D eigenvalue weighted by molar-refractivity contribution is 6.34. The number of hydrazone groups is 1. The highest BCUT2D eigenvalue weighted by atomic mass is 35.5. The molecule has 164 valence electrons. The molecule has 1 N–H and O–H groups in total. The molecule has 0 atom stereocenters. The van der Waals surface area contributed by atoms with E-state index < -0.39 is 11.9 Å². The summed E-state index contributed by atoms with van der Waals surface area (Å²) in [4.78, 5) is 36.2. The van der Waals surface area contributed by atoms with Gasteiger partial charge in [-0.05, 0) is 49.4 Å². The molecule has 0 saturated carbocycles. The van der Waals surface area contributed by atoms with Gasteiger partial charge in [0.15, 0.2) is 0 Å². The molecule has 0 fully saturated rings. The Morgan fingerprint density at radius 1 is 1.15 bits per heavy atom. The largest absolute Gasteiger partial charge is 0.478 e. The number of anilines is 1. The second-order valence-electron chi connectivity index (χ2n) is 7.48. The molecule has 3 aromatic rings. The lowest BCUT2D eigenvalue weighted by molar-refractivity contribution is -0.114. The van der Waals surface area contributed by atoms with Gasteiger partial charge in [-0.3, -0.25) is 4.79 Å². The Morgan fingerprint density at radius 3 is 2.76 bits per heavy atom. The lowest BCUT2D eigenvalue weighted by atomic mass is 10.0. The first-order valence-corrected chi connectivity index (χ1v) is 10.2. The van der Waals surface area contributed by atoms with Crippen molar-refractivity contribution in [2.45, 2.75) is 13.5 Å². The number of carbonyl (C=O) groups excluding carboxylic acids is 2. The second kappa shape index (κ2) is 7.75. The molecule has 0 spiro atoms. The van der Waals surface area contributed by atoms with Crippen LogP contribution >= 0.6 is 11.6 Å². The van der Waals surface area contributed by atoms with E-state index in [0.29, 0.717) is 33.9 Å². The van der Waals surface area contributed by atoms with E-state index in [1.807, 2.05) is 12.1 Å². The number of amides is 1. The van der Waals surface area contributed by atoms with Crippen molar-refractivity contribution < 1.29 is 28.6 Å². The molecule has 0 radical (unpaired) electrons. The average Bonchev–Trinajstić information content (AvgIpc) is 3.48. The molecule has 0 bridgehead atoms. The van der Waals surface area contributed by atoms with Crippen molar-refractivity contribution in [2.75, 3.05) is 5.01 Å². The quantitative estimate of drug-likeness (QED) is 0.441. The monoisotopic (exact) mass is 462 g/mol. The fourth-order valence-corrected chi connectivity index (χ4v) is 3.86. The number of carboxylic acid groups (broad SMARTS) is 1. The van der Waals surface area contributed by atoms with E-state index in [4.69, 9.17) is 20.8 Å². The number of furan rings is 1. The lowest BCUT2D eigenvalue weighted by Gasteiger charge is -2.12. The van der Waals surface area contributed by atoms with E-state index in [9.17, 15) is 19.5 Å². The number of nitrogens with zero attached hydrogens (tertiary/aromatic N) is 2. The maximum Gasteiger partial charge on any atom is 0.338 e. The molecule has 1 aromatic heterocycles. The number of rotatable bonds is 4. The lowest BCUT2D eigenvalue weighted by Crippen LogP contribution is -2.21. The van der Waals surface area contributed by atoms with E-state index in [2.05, 4.69) is 5.10 Å². The van der Waals surface area contributed by atoms with Crippen molar-refractivity contribution in [3.8, 4) is 11.3 Å². The summed E-state index contributed by atoms with van der Waals surface area (Å²) in [6.45, 7) is 1.94. The van der Waals surface area contributed by atoms with Gasteiger partial charge >= 0.3 is 11.9 Å². The minimum absolute atomic E-state index is 0.0669. The van der Waals surface area contributed by atoms with E-state index in [1.54, 1.807) is 31.2 Å². The number of fused-ring (bicyclic) bond motifs is 1. The van der Waals surface area contributed by atoms with E-state index in [1.165, 1.54) is 18.2 Å². The number of hydrogen-bond donors (Lipinski definition) is 1. The van der Waals surface area contributed by atoms with Crippen LogP contribution < -0.4 is 5.01 Å². The standard InChI is InChI=1S/C24H15ClN2O6/c1-12-17(22(28)27(26-12)15-4-6-20(25)19(9-15)23(29)30)10-16-5-7-21(33-16)13-2-3-14-11-32-24(31)18(14)8-13/h2-10H,11H2,1H3,(H,29,30)/b17-10-. The first-order valence-electron chi connectivity index (χ1n) is 9.86. The van der Waals surface area contributed by atoms with Crippen molar-refractivity contribution in [3.05, 3.63) is 81.6 Å². The molecular formula is C24H15ClN2O6. The third kappa shape index (κ3) is 3.60. The van der Waals surface area contributed by atoms with Crippen LogP contribution in [0.2, 0.25) is 5.02 Å². The molecule has 0 saturated heterocycles. The smallest absolute Gasteiger partial charge is 0.338 e. The molecule has 2 aliphatic rings. The zero-order chi connectivity index (χ0) is 23.3. The van der Waals surface area contributed by atoms with Crippen LogP contribution in [-0.4, -0.2) is 28.7 Å². The Balaban J connectivity index is 1.43. The van der Waals surface area contributed by atoms with Crippen LogP contribution in [0.1, 0.15) is 39.0 Å². The Morgan fingerprint density at radius 2 is 1.97 bits per heavy atom. The molecular weight excluding hydrogens is 448 g/mol. The molecule has 0 unspecified atom stereocenters. The molecule has 33 heavy (non-hydrogen) atoms. The Bertz CT molecular complexity index is 1420. The summed E-state index contributed by atoms with van der Waals surface area (Å²) in [5.41, 5.74) is 2.97. The van der Waals surface area contributed by atoms with Crippen LogP contribution in [0.4, 0.5) is 5.69 Å². The van der Waals surface area contributed by atoms with Gasteiger partial charge in [-0.15, -0.1) is 0 Å². The van der Waals surface area contributed by atoms with Gasteiger partial charge < -0.3 is 14.3 Å². The number of carbonyl (C=O) groups is 3. The summed E-state index contributed by atoms with van der Waals surface area (Å²) in [5, 5.41) is 14.7. The number of esters is 1. The van der Waals surface area contributed by atoms with Crippen molar-refractivity contribution in [1.29, 1.82) is 0 Å². The topological polar surface area (TPSA) is 109 Å². The predicted octanol–water partition coefficient (Wildman–Crippen LogP) is 4.77. The maximum absolute atomic E-state index is 13.0. The zero-order valence-corrected chi connectivity index (χ0v) is 17.9. The van der Waals surface area contributed by atoms with Crippen LogP contribution in [0.5, 0.6) is 0 Å². The van der Waals surface area contributed by atoms with Crippen molar-refractivity contribution >= 4 is 46.9 Å². The number of benzene rings is 2.